The molecule has 2 atom stereocenters. The van der Waals surface area contributed by atoms with E-state index in [4.69, 9.17) is 9.72 Å². The molecule has 36 heavy (non-hydrogen) atoms. The number of nitrogens with one attached hydrogen (secondary N) is 1. The van der Waals surface area contributed by atoms with Crippen LogP contribution in [0.25, 0.3) is 22.4 Å². The lowest BCUT2D eigenvalue weighted by Gasteiger charge is -2.43. The zero-order valence-electron chi connectivity index (χ0n) is 21.9. The van der Waals surface area contributed by atoms with Gasteiger partial charge in [0, 0.05) is 32.2 Å². The number of H-pyrrole nitrogens is 1. The Morgan fingerprint density at radius 1 is 1.14 bits per heavy atom. The van der Waals surface area contributed by atoms with Gasteiger partial charge in [-0.05, 0) is 51.9 Å². The minimum Gasteiger partial charge on any atom is -0.493 e. The smallest absolute Gasteiger partial charge is 0.277 e. The van der Waals surface area contributed by atoms with E-state index in [0.29, 0.717) is 48.5 Å². The number of aromatic nitrogens is 4. The molecule has 0 radical (unpaired) electrons. The maximum Gasteiger partial charge on any atom is 0.277 e. The second kappa shape index (κ2) is 10.3. The van der Waals surface area contributed by atoms with Crippen molar-refractivity contribution in [2.75, 3.05) is 26.2 Å². The number of aryl methyl sites for hydroxylation is 2. The summed E-state index contributed by atoms with van der Waals surface area (Å²) in [6, 6.07) is 4.98. The summed E-state index contributed by atoms with van der Waals surface area (Å²) in [5.74, 6) is 0.716. The summed E-state index contributed by atoms with van der Waals surface area (Å²) in [5, 5.41) is 4.48. The highest BCUT2D eigenvalue weighted by molar-refractivity contribution is 7.89. The molecule has 4 rings (SSSR count). The predicted octanol–water partition coefficient (Wildman–Crippen LogP) is 2.78. The molecule has 0 aliphatic carbocycles. The van der Waals surface area contributed by atoms with Gasteiger partial charge in [0.2, 0.25) is 10.0 Å². The second-order valence-corrected chi connectivity index (χ2v) is 11.3. The third-order valence-corrected chi connectivity index (χ3v) is 8.65. The van der Waals surface area contributed by atoms with Crippen LogP contribution in [0.1, 0.15) is 46.7 Å². The van der Waals surface area contributed by atoms with Crippen molar-refractivity contribution in [2.24, 2.45) is 7.05 Å². The molecule has 0 bridgehead atoms. The van der Waals surface area contributed by atoms with Crippen LogP contribution in [0, 0.1) is 0 Å². The molecule has 0 unspecified atom stereocenters. The average molecular weight is 517 g/mol. The number of benzene rings is 1. The Morgan fingerprint density at radius 3 is 2.44 bits per heavy atom. The summed E-state index contributed by atoms with van der Waals surface area (Å²) in [6.45, 7) is 12.2. The first kappa shape index (κ1) is 26.3. The van der Waals surface area contributed by atoms with Crippen LogP contribution in [-0.2, 0) is 23.5 Å². The summed E-state index contributed by atoms with van der Waals surface area (Å²) in [6.07, 6.45) is 1.54. The summed E-state index contributed by atoms with van der Waals surface area (Å²) >= 11 is 0. The lowest BCUT2D eigenvalue weighted by Crippen LogP contribution is -2.57. The third-order valence-electron chi connectivity index (χ3n) is 6.83. The number of nitrogens with zero attached hydrogens (tertiary/aromatic N) is 5. The van der Waals surface area contributed by atoms with E-state index in [2.05, 4.69) is 35.8 Å². The van der Waals surface area contributed by atoms with Gasteiger partial charge in [0.15, 0.2) is 5.52 Å². The van der Waals surface area contributed by atoms with Crippen LogP contribution in [0.5, 0.6) is 5.75 Å². The van der Waals surface area contributed by atoms with Crippen molar-refractivity contribution in [2.45, 2.75) is 64.4 Å². The number of fused-ring (bicyclic) bond motifs is 1. The van der Waals surface area contributed by atoms with Gasteiger partial charge in [0.05, 0.1) is 22.8 Å². The zero-order chi connectivity index (χ0) is 26.2. The van der Waals surface area contributed by atoms with E-state index in [1.807, 2.05) is 13.8 Å². The van der Waals surface area contributed by atoms with Crippen molar-refractivity contribution in [3.05, 3.63) is 34.2 Å². The highest BCUT2D eigenvalue weighted by Crippen LogP contribution is 2.33. The largest absolute Gasteiger partial charge is 0.493 e. The fourth-order valence-corrected chi connectivity index (χ4v) is 6.82. The maximum atomic E-state index is 13.7. The Bertz CT molecular complexity index is 1400. The summed E-state index contributed by atoms with van der Waals surface area (Å²) < 4.78 is 36.3. The molecule has 0 amide bonds. The van der Waals surface area contributed by atoms with E-state index in [-0.39, 0.29) is 28.4 Å². The summed E-state index contributed by atoms with van der Waals surface area (Å²) in [7, 11) is -2.05. The summed E-state index contributed by atoms with van der Waals surface area (Å²) in [5.41, 5.74) is 1.74. The fourth-order valence-electron chi connectivity index (χ4n) is 5.19. The van der Waals surface area contributed by atoms with Gasteiger partial charge in [-0.2, -0.15) is 9.40 Å². The Labute approximate surface area is 212 Å². The van der Waals surface area contributed by atoms with Crippen molar-refractivity contribution in [1.29, 1.82) is 0 Å². The van der Waals surface area contributed by atoms with Crippen LogP contribution in [0.3, 0.4) is 0 Å². The molecule has 11 heteroatoms. The standard InChI is InChI=1S/C25H36N6O4S/c1-7-10-20-22-23(29(6)28-20)25(32)27-24(26-22)19-13-18(11-12-21(19)35-9-3)36(33,34)30-14-16(4)31(8-2)17(5)15-30/h11-13,16-17H,7-10,14-15H2,1-6H3,(H,26,27,32)/t16-,17+. The molecule has 1 saturated heterocycles. The number of hydrogen-bond donors (Lipinski definition) is 1. The maximum absolute atomic E-state index is 13.7. The first-order valence-corrected chi connectivity index (χ1v) is 14.0. The first-order chi connectivity index (χ1) is 17.1. The molecule has 196 valence electrons. The van der Waals surface area contributed by atoms with Gasteiger partial charge in [-0.25, -0.2) is 13.4 Å². The molecule has 1 aliphatic heterocycles. The molecule has 10 nitrogen and oxygen atoms in total. The van der Waals surface area contributed by atoms with E-state index in [1.54, 1.807) is 34.2 Å². The van der Waals surface area contributed by atoms with Gasteiger partial charge >= 0.3 is 0 Å². The number of rotatable bonds is 8. The predicted molar refractivity (Wildman–Crippen MR) is 140 cm³/mol. The Hall–Kier alpha value is -2.76. The minimum atomic E-state index is -3.77. The van der Waals surface area contributed by atoms with Gasteiger partial charge in [-0.15, -0.1) is 0 Å². The van der Waals surface area contributed by atoms with Gasteiger partial charge in [-0.3, -0.25) is 14.4 Å². The Kier molecular flexibility index (Phi) is 7.53. The molecule has 0 saturated carbocycles. The minimum absolute atomic E-state index is 0.110. The highest BCUT2D eigenvalue weighted by atomic mass is 32.2. The van der Waals surface area contributed by atoms with E-state index in [9.17, 15) is 13.2 Å². The van der Waals surface area contributed by atoms with E-state index < -0.39 is 10.0 Å². The quantitative estimate of drug-likeness (QED) is 0.490. The number of aromatic amines is 1. The van der Waals surface area contributed by atoms with Crippen LogP contribution in [0.15, 0.2) is 27.9 Å². The second-order valence-electron chi connectivity index (χ2n) is 9.37. The number of piperazine rings is 1. The molecule has 1 fully saturated rings. The zero-order valence-corrected chi connectivity index (χ0v) is 22.7. The number of sulfonamides is 1. The van der Waals surface area contributed by atoms with Crippen molar-refractivity contribution in [1.82, 2.24) is 29.0 Å². The Morgan fingerprint density at radius 2 is 1.83 bits per heavy atom. The lowest BCUT2D eigenvalue weighted by atomic mass is 10.1. The molecule has 3 heterocycles. The number of likely N-dealkylation sites (N-methyl/N-ethyl adjacent to an activating group) is 1. The number of hydrogen-bond acceptors (Lipinski definition) is 7. The first-order valence-electron chi connectivity index (χ1n) is 12.6. The molecule has 2 aromatic heterocycles. The Balaban J connectivity index is 1.83. The summed E-state index contributed by atoms with van der Waals surface area (Å²) in [4.78, 5) is 23.0. The van der Waals surface area contributed by atoms with Crippen LogP contribution in [0.4, 0.5) is 0 Å². The molecule has 0 spiro atoms. The van der Waals surface area contributed by atoms with Crippen LogP contribution in [0.2, 0.25) is 0 Å². The van der Waals surface area contributed by atoms with E-state index in [1.165, 1.54) is 0 Å². The lowest BCUT2D eigenvalue weighted by molar-refractivity contribution is 0.0829. The topological polar surface area (TPSA) is 113 Å². The van der Waals surface area contributed by atoms with Crippen molar-refractivity contribution in [3.8, 4) is 17.1 Å². The molecular formula is C25H36N6O4S. The normalized spacial score (nSPS) is 19.7. The molecular weight excluding hydrogens is 480 g/mol. The van der Waals surface area contributed by atoms with E-state index in [0.717, 1.165) is 18.7 Å². The molecule has 1 N–H and O–H groups in total. The third kappa shape index (κ3) is 4.67. The van der Waals surface area contributed by atoms with Crippen molar-refractivity contribution < 1.29 is 13.2 Å². The number of ether oxygens (including phenoxy) is 1. The van der Waals surface area contributed by atoms with Crippen molar-refractivity contribution >= 4 is 21.1 Å². The van der Waals surface area contributed by atoms with Gasteiger partial charge in [-0.1, -0.05) is 20.3 Å². The molecule has 1 aliphatic rings. The van der Waals surface area contributed by atoms with Crippen LogP contribution < -0.4 is 10.3 Å². The SMILES string of the molecule is CCCc1nn(C)c2c(=O)[nH]c(-c3cc(S(=O)(=O)N4C[C@@H](C)N(CC)[C@@H](C)C4)ccc3OCC)nc12. The van der Waals surface area contributed by atoms with Crippen molar-refractivity contribution in [3.63, 3.8) is 0 Å². The molecule has 1 aromatic carbocycles. The van der Waals surface area contributed by atoms with E-state index >= 15 is 0 Å². The van der Waals surface area contributed by atoms with Crippen LogP contribution in [-0.4, -0.2) is 75.7 Å². The fraction of sp³-hybridized carbons (Fsp3) is 0.560. The molecule has 3 aromatic rings. The van der Waals surface area contributed by atoms with Gasteiger partial charge in [0.1, 0.15) is 17.1 Å². The van der Waals surface area contributed by atoms with Gasteiger partial charge in [0.25, 0.3) is 5.56 Å². The average Bonchev–Trinajstić information content (AvgIpc) is 3.15. The van der Waals surface area contributed by atoms with Gasteiger partial charge < -0.3 is 9.72 Å². The monoisotopic (exact) mass is 516 g/mol. The van der Waals surface area contributed by atoms with Crippen LogP contribution >= 0.6 is 0 Å². The highest BCUT2D eigenvalue weighted by Gasteiger charge is 2.35.